The van der Waals surface area contributed by atoms with E-state index in [0.29, 0.717) is 6.42 Å². The van der Waals surface area contributed by atoms with Crippen LogP contribution < -0.4 is 4.74 Å². The van der Waals surface area contributed by atoms with Gasteiger partial charge in [0.05, 0.1) is 28.7 Å². The molecule has 1 fully saturated rings. The normalized spacial score (nSPS) is 15.0. The summed E-state index contributed by atoms with van der Waals surface area (Å²) >= 11 is 1.73. The van der Waals surface area contributed by atoms with Crippen LogP contribution >= 0.6 is 11.3 Å². The lowest BCUT2D eigenvalue weighted by atomic mass is 10.1. The predicted octanol–water partition coefficient (Wildman–Crippen LogP) is 4.59. The maximum Gasteiger partial charge on any atom is 0.222 e. The van der Waals surface area contributed by atoms with E-state index in [1.807, 2.05) is 24.0 Å². The fourth-order valence-corrected chi connectivity index (χ4v) is 5.61. The molecule has 0 bridgehead atoms. The van der Waals surface area contributed by atoms with E-state index in [9.17, 15) is 4.79 Å². The number of nitrogens with zero attached hydrogens (tertiary/aromatic N) is 4. The van der Waals surface area contributed by atoms with E-state index in [1.54, 1.807) is 18.4 Å². The Morgan fingerprint density at radius 3 is 2.69 bits per heavy atom. The SMILES string of the molecule is CCC(=O)N1CCN(Cc2c(-c3cccc(OC)c3)nc3sc4cc(C)ccc4n23)CC1. The average Bonchev–Trinajstić information content (AvgIpc) is 3.35. The average molecular weight is 449 g/mol. The third-order valence-electron chi connectivity index (χ3n) is 6.24. The summed E-state index contributed by atoms with van der Waals surface area (Å²) in [7, 11) is 1.69. The van der Waals surface area contributed by atoms with E-state index in [-0.39, 0.29) is 5.91 Å². The van der Waals surface area contributed by atoms with Gasteiger partial charge in [-0.1, -0.05) is 36.5 Å². The lowest BCUT2D eigenvalue weighted by Gasteiger charge is -2.34. The van der Waals surface area contributed by atoms with Gasteiger partial charge in [-0.2, -0.15) is 0 Å². The molecule has 7 heteroatoms. The Kier molecular flexibility index (Phi) is 5.61. The third-order valence-corrected chi connectivity index (χ3v) is 7.25. The number of carbonyl (C=O) groups is 1. The van der Waals surface area contributed by atoms with Crippen molar-refractivity contribution in [1.82, 2.24) is 19.2 Å². The van der Waals surface area contributed by atoms with Crippen LogP contribution in [0.25, 0.3) is 26.4 Å². The highest BCUT2D eigenvalue weighted by molar-refractivity contribution is 7.23. The number of benzene rings is 2. The minimum atomic E-state index is 0.243. The van der Waals surface area contributed by atoms with Crippen molar-refractivity contribution >= 4 is 32.4 Å². The number of fused-ring (bicyclic) bond motifs is 3. The van der Waals surface area contributed by atoms with Crippen molar-refractivity contribution in [3.8, 4) is 17.0 Å². The van der Waals surface area contributed by atoms with Crippen LogP contribution in [0.5, 0.6) is 5.75 Å². The van der Waals surface area contributed by atoms with Crippen molar-refractivity contribution < 1.29 is 9.53 Å². The van der Waals surface area contributed by atoms with Gasteiger partial charge in [-0.3, -0.25) is 14.1 Å². The molecule has 0 saturated carbocycles. The minimum Gasteiger partial charge on any atom is -0.497 e. The van der Waals surface area contributed by atoms with E-state index < -0.39 is 0 Å². The van der Waals surface area contributed by atoms with Crippen LogP contribution in [0.1, 0.15) is 24.6 Å². The first-order valence-corrected chi connectivity index (χ1v) is 11.9. The zero-order valence-electron chi connectivity index (χ0n) is 18.8. The van der Waals surface area contributed by atoms with Gasteiger partial charge in [-0.15, -0.1) is 0 Å². The van der Waals surface area contributed by atoms with Gasteiger partial charge in [-0.05, 0) is 36.8 Å². The van der Waals surface area contributed by atoms with Gasteiger partial charge in [0.15, 0.2) is 4.96 Å². The minimum absolute atomic E-state index is 0.243. The molecule has 1 saturated heterocycles. The molecule has 0 unspecified atom stereocenters. The number of carbonyl (C=O) groups excluding carboxylic acids is 1. The lowest BCUT2D eigenvalue weighted by molar-refractivity contribution is -0.132. The molecule has 6 nitrogen and oxygen atoms in total. The molecule has 4 aromatic rings. The number of amides is 1. The molecule has 2 aromatic carbocycles. The molecule has 0 spiro atoms. The van der Waals surface area contributed by atoms with Crippen molar-refractivity contribution in [2.45, 2.75) is 26.8 Å². The number of piperazine rings is 1. The molecular weight excluding hydrogens is 420 g/mol. The summed E-state index contributed by atoms with van der Waals surface area (Å²) < 4.78 is 9.04. The molecule has 1 aliphatic heterocycles. The summed E-state index contributed by atoms with van der Waals surface area (Å²) in [5.74, 6) is 1.07. The van der Waals surface area contributed by atoms with Crippen LogP contribution in [0.15, 0.2) is 42.5 Å². The van der Waals surface area contributed by atoms with Crippen molar-refractivity contribution in [3.05, 3.63) is 53.7 Å². The predicted molar refractivity (Wildman–Crippen MR) is 129 cm³/mol. The van der Waals surface area contributed by atoms with Crippen molar-refractivity contribution in [1.29, 1.82) is 0 Å². The number of thiazole rings is 1. The van der Waals surface area contributed by atoms with Crippen molar-refractivity contribution in [3.63, 3.8) is 0 Å². The monoisotopic (exact) mass is 448 g/mol. The first kappa shape index (κ1) is 21.0. The Labute approximate surface area is 192 Å². The number of hydrogen-bond donors (Lipinski definition) is 0. The van der Waals surface area contributed by atoms with Crippen molar-refractivity contribution in [2.75, 3.05) is 33.3 Å². The topological polar surface area (TPSA) is 50.1 Å². The first-order valence-electron chi connectivity index (χ1n) is 11.1. The number of imidazole rings is 1. The molecule has 0 atom stereocenters. The fraction of sp³-hybridized carbons (Fsp3) is 0.360. The zero-order valence-corrected chi connectivity index (χ0v) is 19.6. The summed E-state index contributed by atoms with van der Waals surface area (Å²) in [4.78, 5) is 22.6. The zero-order chi connectivity index (χ0) is 22.2. The van der Waals surface area contributed by atoms with Crippen LogP contribution in [0.4, 0.5) is 0 Å². The molecule has 1 aliphatic rings. The van der Waals surface area contributed by atoms with Gasteiger partial charge in [0.2, 0.25) is 5.91 Å². The smallest absolute Gasteiger partial charge is 0.222 e. The summed E-state index contributed by atoms with van der Waals surface area (Å²) in [6.07, 6.45) is 0.573. The number of ether oxygens (including phenoxy) is 1. The van der Waals surface area contributed by atoms with Crippen LogP contribution in [0.2, 0.25) is 0 Å². The molecule has 5 rings (SSSR count). The van der Waals surface area contributed by atoms with E-state index in [4.69, 9.17) is 9.72 Å². The number of aromatic nitrogens is 2. The van der Waals surface area contributed by atoms with E-state index in [2.05, 4.69) is 46.6 Å². The Balaban J connectivity index is 1.56. The summed E-state index contributed by atoms with van der Waals surface area (Å²) in [5.41, 5.74) is 5.72. The second-order valence-electron chi connectivity index (χ2n) is 8.34. The van der Waals surface area contributed by atoms with Crippen LogP contribution in [0.3, 0.4) is 0 Å². The standard InChI is InChI=1S/C25H28N4O2S/c1-4-23(30)28-12-10-27(11-13-28)16-21-24(18-6-5-7-19(15-18)31-3)26-25-29(21)20-9-8-17(2)14-22(20)32-25/h5-9,14-15H,4,10-13,16H2,1-3H3. The van der Waals surface area contributed by atoms with Gasteiger partial charge in [0, 0.05) is 44.7 Å². The third kappa shape index (κ3) is 3.76. The Morgan fingerprint density at radius 1 is 1.12 bits per heavy atom. The van der Waals surface area contributed by atoms with Gasteiger partial charge in [0.25, 0.3) is 0 Å². The van der Waals surface area contributed by atoms with Crippen LogP contribution in [0, 0.1) is 6.92 Å². The summed E-state index contributed by atoms with van der Waals surface area (Å²) in [6, 6.07) is 14.7. The highest BCUT2D eigenvalue weighted by atomic mass is 32.1. The maximum absolute atomic E-state index is 12.1. The second-order valence-corrected chi connectivity index (χ2v) is 9.35. The quantitative estimate of drug-likeness (QED) is 0.448. The lowest BCUT2D eigenvalue weighted by Crippen LogP contribution is -2.48. The van der Waals surface area contributed by atoms with Gasteiger partial charge in [-0.25, -0.2) is 4.98 Å². The Morgan fingerprint density at radius 2 is 1.94 bits per heavy atom. The Bertz CT molecular complexity index is 1280. The van der Waals surface area contributed by atoms with Gasteiger partial charge < -0.3 is 9.64 Å². The molecule has 32 heavy (non-hydrogen) atoms. The van der Waals surface area contributed by atoms with E-state index >= 15 is 0 Å². The molecule has 0 aliphatic carbocycles. The number of aryl methyl sites for hydroxylation is 1. The maximum atomic E-state index is 12.1. The van der Waals surface area contributed by atoms with Crippen LogP contribution in [-0.2, 0) is 11.3 Å². The molecule has 2 aromatic heterocycles. The first-order chi connectivity index (χ1) is 15.6. The van der Waals surface area contributed by atoms with Crippen LogP contribution in [-0.4, -0.2) is 58.4 Å². The number of methoxy groups -OCH3 is 1. The van der Waals surface area contributed by atoms with E-state index in [1.165, 1.54) is 21.5 Å². The molecular formula is C25H28N4O2S. The molecule has 3 heterocycles. The summed E-state index contributed by atoms with van der Waals surface area (Å²) in [6.45, 7) is 8.17. The van der Waals surface area contributed by atoms with Crippen molar-refractivity contribution in [2.24, 2.45) is 0 Å². The summed E-state index contributed by atoms with van der Waals surface area (Å²) in [5, 5.41) is 0. The molecule has 166 valence electrons. The molecule has 0 radical (unpaired) electrons. The second kappa shape index (κ2) is 8.56. The molecule has 1 amide bonds. The van der Waals surface area contributed by atoms with Gasteiger partial charge >= 0.3 is 0 Å². The highest BCUT2D eigenvalue weighted by Gasteiger charge is 2.24. The number of rotatable bonds is 5. The molecule has 0 N–H and O–H groups in total. The largest absolute Gasteiger partial charge is 0.497 e. The Hall–Kier alpha value is -2.90. The highest BCUT2D eigenvalue weighted by Crippen LogP contribution is 2.35. The van der Waals surface area contributed by atoms with Gasteiger partial charge in [0.1, 0.15) is 5.75 Å². The fourth-order valence-electron chi connectivity index (χ4n) is 4.47. The number of hydrogen-bond acceptors (Lipinski definition) is 5. The van der Waals surface area contributed by atoms with E-state index in [0.717, 1.165) is 54.7 Å².